The van der Waals surface area contributed by atoms with Crippen molar-refractivity contribution >= 4 is 45.4 Å². The van der Waals surface area contributed by atoms with E-state index in [9.17, 15) is 14.0 Å². The van der Waals surface area contributed by atoms with E-state index in [2.05, 4.69) is 19.4 Å². The number of piperazine rings is 1. The number of hydrazine groups is 1. The molecule has 0 bridgehead atoms. The first-order valence-corrected chi connectivity index (χ1v) is 13.5. The molecule has 0 aliphatic carbocycles. The molecule has 5 aromatic rings. The normalized spacial score (nSPS) is 14.1. The number of nitrogens with zero attached hydrogens (tertiary/aromatic N) is 6. The molecular weight excluding hydrogens is 537 g/mol. The molecule has 1 amide bonds. The van der Waals surface area contributed by atoms with Gasteiger partial charge in [-0.05, 0) is 43.0 Å². The van der Waals surface area contributed by atoms with Gasteiger partial charge in [0.05, 0.1) is 40.2 Å². The lowest BCUT2D eigenvalue weighted by Crippen LogP contribution is -2.51. The number of Topliss-reactive ketones (excluding diaryl/α,β-unsaturated/α-hetero) is 1. The van der Waals surface area contributed by atoms with Crippen LogP contribution in [0.15, 0.2) is 78.8 Å². The van der Waals surface area contributed by atoms with E-state index in [4.69, 9.17) is 16.6 Å². The zero-order valence-corrected chi connectivity index (χ0v) is 23.0. The standard InChI is InChI=1S/C30H30FN9O2/c1-19(15-32)18-39(33)28-26-25(22(31)17-35-28)21(16-34-26)27(41)29(42)37-11-13-38(14-12-37)30-36-23-9-5-6-10-24(23)40(30)20-7-3-2-4-8-20/h2-10,15-17,34H,11-14,18,32-33H2,1H3/b19-15+. The van der Waals surface area contributed by atoms with Crippen LogP contribution in [-0.2, 0) is 4.79 Å². The number of aromatic nitrogens is 4. The van der Waals surface area contributed by atoms with E-state index >= 15 is 0 Å². The Labute approximate surface area is 240 Å². The number of imidazole rings is 1. The molecule has 1 fully saturated rings. The second-order valence-electron chi connectivity index (χ2n) is 10.2. The minimum absolute atomic E-state index is 0.0293. The van der Waals surface area contributed by atoms with Gasteiger partial charge < -0.3 is 20.5 Å². The van der Waals surface area contributed by atoms with Crippen molar-refractivity contribution in [3.8, 4) is 5.69 Å². The van der Waals surface area contributed by atoms with Gasteiger partial charge in [-0.25, -0.2) is 20.2 Å². The summed E-state index contributed by atoms with van der Waals surface area (Å²) in [4.78, 5) is 42.2. The molecule has 3 aromatic heterocycles. The summed E-state index contributed by atoms with van der Waals surface area (Å²) in [7, 11) is 0. The number of hydrogen-bond donors (Lipinski definition) is 3. The van der Waals surface area contributed by atoms with Crippen LogP contribution in [0, 0.1) is 5.82 Å². The number of fused-ring (bicyclic) bond motifs is 2. The van der Waals surface area contributed by atoms with Crippen molar-refractivity contribution in [1.29, 1.82) is 0 Å². The first-order chi connectivity index (χ1) is 20.4. The Hall–Kier alpha value is -5.23. The summed E-state index contributed by atoms with van der Waals surface area (Å²) in [5.41, 5.74) is 9.31. The van der Waals surface area contributed by atoms with Crippen LogP contribution in [-0.4, -0.2) is 68.8 Å². The highest BCUT2D eigenvalue weighted by Crippen LogP contribution is 2.30. The minimum atomic E-state index is -0.802. The van der Waals surface area contributed by atoms with Crippen LogP contribution in [0.4, 0.5) is 16.2 Å². The average molecular weight is 568 g/mol. The largest absolute Gasteiger partial charge is 0.405 e. The van der Waals surface area contributed by atoms with Crippen LogP contribution in [0.2, 0.25) is 0 Å². The van der Waals surface area contributed by atoms with Gasteiger partial charge in [-0.1, -0.05) is 30.3 Å². The van der Waals surface area contributed by atoms with Gasteiger partial charge in [0.15, 0.2) is 11.6 Å². The lowest BCUT2D eigenvalue weighted by molar-refractivity contribution is -0.126. The molecule has 6 rings (SSSR count). The van der Waals surface area contributed by atoms with Crippen molar-refractivity contribution in [2.45, 2.75) is 6.92 Å². The molecule has 5 N–H and O–H groups in total. The maximum atomic E-state index is 15.0. The SMILES string of the molecule is C/C(=C\N)CN(N)c1ncc(F)c2c(C(=O)C(=O)N3CCN(c4nc5ccccc5n4-c4ccccc4)CC3)c[nH]c12. The van der Waals surface area contributed by atoms with E-state index in [1.165, 1.54) is 22.3 Å². The van der Waals surface area contributed by atoms with Crippen LogP contribution >= 0.6 is 0 Å². The molecule has 42 heavy (non-hydrogen) atoms. The number of amides is 1. The zero-order valence-electron chi connectivity index (χ0n) is 23.0. The maximum absolute atomic E-state index is 15.0. The van der Waals surface area contributed by atoms with Crippen LogP contribution in [0.5, 0.6) is 0 Å². The molecule has 0 radical (unpaired) electrons. The molecule has 2 aromatic carbocycles. The van der Waals surface area contributed by atoms with Crippen molar-refractivity contribution in [2.75, 3.05) is 42.6 Å². The number of H-pyrrole nitrogens is 1. The second kappa shape index (κ2) is 11.0. The first kappa shape index (κ1) is 27.0. The summed E-state index contributed by atoms with van der Waals surface area (Å²) in [6, 6.07) is 17.9. The Morgan fingerprint density at radius 2 is 1.79 bits per heavy atom. The van der Waals surface area contributed by atoms with E-state index in [1.807, 2.05) is 54.6 Å². The fourth-order valence-electron chi connectivity index (χ4n) is 5.31. The van der Waals surface area contributed by atoms with Crippen LogP contribution in [0.25, 0.3) is 27.6 Å². The van der Waals surface area contributed by atoms with Crippen LogP contribution < -0.4 is 21.5 Å². The minimum Gasteiger partial charge on any atom is -0.405 e. The van der Waals surface area contributed by atoms with E-state index in [1.54, 1.807) is 6.92 Å². The van der Waals surface area contributed by atoms with Crippen molar-refractivity contribution in [3.05, 3.63) is 90.1 Å². The van der Waals surface area contributed by atoms with Crippen molar-refractivity contribution in [2.24, 2.45) is 11.6 Å². The topological polar surface area (TPSA) is 142 Å². The smallest absolute Gasteiger partial charge is 0.295 e. The van der Waals surface area contributed by atoms with Crippen molar-refractivity contribution in [1.82, 2.24) is 24.4 Å². The predicted molar refractivity (Wildman–Crippen MR) is 160 cm³/mol. The quantitative estimate of drug-likeness (QED) is 0.118. The monoisotopic (exact) mass is 567 g/mol. The van der Waals surface area contributed by atoms with Crippen LogP contribution in [0.3, 0.4) is 0 Å². The molecule has 0 unspecified atom stereocenters. The van der Waals surface area contributed by atoms with Gasteiger partial charge >= 0.3 is 0 Å². The molecule has 0 spiro atoms. The number of para-hydroxylation sites is 3. The number of ketones is 1. The Balaban J connectivity index is 1.22. The van der Waals surface area contributed by atoms with Gasteiger partial charge in [0.1, 0.15) is 0 Å². The molecular formula is C30H30FN9O2. The Morgan fingerprint density at radius 3 is 2.52 bits per heavy atom. The fourth-order valence-corrected chi connectivity index (χ4v) is 5.31. The summed E-state index contributed by atoms with van der Waals surface area (Å²) < 4.78 is 17.1. The van der Waals surface area contributed by atoms with Gasteiger partial charge in [0.2, 0.25) is 5.95 Å². The van der Waals surface area contributed by atoms with Crippen LogP contribution in [0.1, 0.15) is 17.3 Å². The number of nitrogens with one attached hydrogen (secondary N) is 1. The molecule has 12 heteroatoms. The molecule has 4 heterocycles. The van der Waals surface area contributed by atoms with Gasteiger partial charge in [-0.15, -0.1) is 0 Å². The van der Waals surface area contributed by atoms with E-state index in [0.717, 1.165) is 34.4 Å². The molecule has 0 saturated carbocycles. The third-order valence-corrected chi connectivity index (χ3v) is 7.47. The number of carbonyl (C=O) groups excluding carboxylic acids is 2. The van der Waals surface area contributed by atoms with Crippen molar-refractivity contribution < 1.29 is 14.0 Å². The number of rotatable bonds is 7. The third-order valence-electron chi connectivity index (χ3n) is 7.47. The predicted octanol–water partition coefficient (Wildman–Crippen LogP) is 3.12. The number of nitrogens with two attached hydrogens (primary N) is 2. The third kappa shape index (κ3) is 4.71. The lowest BCUT2D eigenvalue weighted by Gasteiger charge is -2.35. The number of pyridine rings is 1. The Bertz CT molecular complexity index is 1820. The highest BCUT2D eigenvalue weighted by Gasteiger charge is 2.31. The molecule has 0 atom stereocenters. The zero-order chi connectivity index (χ0) is 29.4. The number of halogens is 1. The van der Waals surface area contributed by atoms with Gasteiger partial charge in [-0.3, -0.25) is 19.2 Å². The van der Waals surface area contributed by atoms with Gasteiger partial charge in [0, 0.05) is 38.1 Å². The first-order valence-electron chi connectivity index (χ1n) is 13.5. The summed E-state index contributed by atoms with van der Waals surface area (Å²) >= 11 is 0. The summed E-state index contributed by atoms with van der Waals surface area (Å²) in [6.07, 6.45) is 3.74. The fraction of sp³-hybridized carbons (Fsp3) is 0.200. The summed E-state index contributed by atoms with van der Waals surface area (Å²) in [6.45, 7) is 3.60. The molecule has 1 aliphatic rings. The molecule has 11 nitrogen and oxygen atoms in total. The molecule has 1 saturated heterocycles. The van der Waals surface area contributed by atoms with E-state index < -0.39 is 17.5 Å². The van der Waals surface area contributed by atoms with Crippen molar-refractivity contribution in [3.63, 3.8) is 0 Å². The maximum Gasteiger partial charge on any atom is 0.295 e. The highest BCUT2D eigenvalue weighted by atomic mass is 19.1. The van der Waals surface area contributed by atoms with Gasteiger partial charge in [0.25, 0.3) is 11.7 Å². The number of benzene rings is 2. The van der Waals surface area contributed by atoms with Gasteiger partial charge in [-0.2, -0.15) is 0 Å². The number of anilines is 2. The lowest BCUT2D eigenvalue weighted by atomic mass is 10.1. The van der Waals surface area contributed by atoms with E-state index in [-0.39, 0.29) is 28.8 Å². The molecule has 1 aliphatic heterocycles. The van der Waals surface area contributed by atoms with E-state index in [0.29, 0.717) is 26.2 Å². The Kier molecular flexibility index (Phi) is 7.05. The Morgan fingerprint density at radius 1 is 1.07 bits per heavy atom. The summed E-state index contributed by atoms with van der Waals surface area (Å²) in [5.74, 6) is 4.92. The average Bonchev–Trinajstić information content (AvgIpc) is 3.64. The number of aromatic amines is 1. The summed E-state index contributed by atoms with van der Waals surface area (Å²) in [5, 5.41) is 1.27. The number of carbonyl (C=O) groups is 2. The highest BCUT2D eigenvalue weighted by molar-refractivity contribution is 6.45. The molecule has 214 valence electrons. The number of hydrogen-bond acceptors (Lipinski definition) is 8. The second-order valence-corrected chi connectivity index (χ2v) is 10.2.